The van der Waals surface area contributed by atoms with Gasteiger partial charge in [0.1, 0.15) is 12.4 Å². The summed E-state index contributed by atoms with van der Waals surface area (Å²) >= 11 is 12.2. The van der Waals surface area contributed by atoms with E-state index in [0.717, 1.165) is 16.7 Å². The molecule has 1 aliphatic rings. The van der Waals surface area contributed by atoms with Crippen LogP contribution in [0.4, 0.5) is 0 Å². The van der Waals surface area contributed by atoms with Crippen molar-refractivity contribution >= 4 is 34.9 Å². The maximum absolute atomic E-state index is 9.69. The van der Waals surface area contributed by atoms with E-state index in [0.29, 0.717) is 32.9 Å². The van der Waals surface area contributed by atoms with Crippen LogP contribution in [0.5, 0.6) is 17.2 Å². The molecule has 6 heteroatoms. The third-order valence-corrected chi connectivity index (χ3v) is 5.01. The van der Waals surface area contributed by atoms with Gasteiger partial charge in [-0.25, -0.2) is 0 Å². The average Bonchev–Trinajstić information content (AvgIpc) is 3.20. The summed E-state index contributed by atoms with van der Waals surface area (Å²) in [5.74, 6) is 1.95. The maximum atomic E-state index is 9.69. The molecule has 0 bridgehead atoms. The molecule has 0 saturated carbocycles. The van der Waals surface area contributed by atoms with Crippen LogP contribution in [0, 0.1) is 11.3 Å². The van der Waals surface area contributed by atoms with Gasteiger partial charge in [0.25, 0.3) is 0 Å². The van der Waals surface area contributed by atoms with Crippen molar-refractivity contribution in [3.05, 3.63) is 87.4 Å². The number of nitriles is 1. The Balaban J connectivity index is 1.60. The van der Waals surface area contributed by atoms with Gasteiger partial charge in [-0.2, -0.15) is 5.26 Å². The first kappa shape index (κ1) is 19.2. The van der Waals surface area contributed by atoms with Crippen molar-refractivity contribution in [3.8, 4) is 23.3 Å². The Morgan fingerprint density at radius 3 is 2.69 bits per heavy atom. The van der Waals surface area contributed by atoms with E-state index in [2.05, 4.69) is 6.07 Å². The molecular formula is C23H15Cl2NO3. The van der Waals surface area contributed by atoms with Crippen LogP contribution in [0.15, 0.2) is 60.7 Å². The van der Waals surface area contributed by atoms with E-state index in [4.69, 9.17) is 37.4 Å². The second-order valence-electron chi connectivity index (χ2n) is 6.30. The van der Waals surface area contributed by atoms with E-state index >= 15 is 0 Å². The fourth-order valence-corrected chi connectivity index (χ4v) is 3.39. The molecule has 0 saturated heterocycles. The lowest BCUT2D eigenvalue weighted by Crippen LogP contribution is -1.98. The molecule has 0 atom stereocenters. The summed E-state index contributed by atoms with van der Waals surface area (Å²) < 4.78 is 16.7. The molecule has 29 heavy (non-hydrogen) atoms. The Hall–Kier alpha value is -3.13. The van der Waals surface area contributed by atoms with E-state index < -0.39 is 0 Å². The topological polar surface area (TPSA) is 51.5 Å². The minimum absolute atomic E-state index is 0.189. The van der Waals surface area contributed by atoms with Gasteiger partial charge in [0.15, 0.2) is 11.5 Å². The average molecular weight is 424 g/mol. The van der Waals surface area contributed by atoms with Crippen LogP contribution in [0.2, 0.25) is 10.0 Å². The number of para-hydroxylation sites is 1. The van der Waals surface area contributed by atoms with E-state index in [1.807, 2.05) is 36.4 Å². The van der Waals surface area contributed by atoms with Crippen molar-refractivity contribution in [2.75, 3.05) is 6.79 Å². The molecule has 0 unspecified atom stereocenters. The van der Waals surface area contributed by atoms with E-state index in [-0.39, 0.29) is 13.4 Å². The summed E-state index contributed by atoms with van der Waals surface area (Å²) in [7, 11) is 0. The molecule has 4 rings (SSSR count). The SMILES string of the molecule is N#C/C(=C/c1ccccc1OCc1ccc(Cl)cc1Cl)c1ccc2c(c1)OCO2. The van der Waals surface area contributed by atoms with Crippen LogP contribution in [-0.2, 0) is 6.61 Å². The Bertz CT molecular complexity index is 1140. The summed E-state index contributed by atoms with van der Waals surface area (Å²) in [5, 5.41) is 10.8. The molecule has 0 radical (unpaired) electrons. The van der Waals surface area contributed by atoms with Gasteiger partial charge in [-0.15, -0.1) is 0 Å². The molecule has 144 valence electrons. The largest absolute Gasteiger partial charge is 0.488 e. The van der Waals surface area contributed by atoms with Gasteiger partial charge in [0, 0.05) is 21.2 Å². The van der Waals surface area contributed by atoms with Gasteiger partial charge in [0.05, 0.1) is 11.6 Å². The number of nitrogens with zero attached hydrogens (tertiary/aromatic N) is 1. The second-order valence-corrected chi connectivity index (χ2v) is 7.14. The van der Waals surface area contributed by atoms with Crippen molar-refractivity contribution in [3.63, 3.8) is 0 Å². The second kappa shape index (κ2) is 8.48. The first-order valence-electron chi connectivity index (χ1n) is 8.81. The fourth-order valence-electron chi connectivity index (χ4n) is 2.93. The molecule has 4 nitrogen and oxygen atoms in total. The first-order valence-corrected chi connectivity index (χ1v) is 9.57. The minimum atomic E-state index is 0.189. The van der Waals surface area contributed by atoms with Crippen LogP contribution in [0.25, 0.3) is 11.6 Å². The van der Waals surface area contributed by atoms with Crippen molar-refractivity contribution in [2.24, 2.45) is 0 Å². The van der Waals surface area contributed by atoms with Gasteiger partial charge in [-0.05, 0) is 48.0 Å². The first-order chi connectivity index (χ1) is 14.1. The standard InChI is InChI=1S/C23H15Cl2NO3/c24-19-7-5-17(20(25)11-19)13-27-21-4-2-1-3-16(21)9-18(12-26)15-6-8-22-23(10-15)29-14-28-22/h1-11H,13-14H2/b18-9-. The summed E-state index contributed by atoms with van der Waals surface area (Å²) in [5.41, 5.74) is 2.84. The summed E-state index contributed by atoms with van der Waals surface area (Å²) in [4.78, 5) is 0. The van der Waals surface area contributed by atoms with E-state index in [1.165, 1.54) is 0 Å². The van der Waals surface area contributed by atoms with E-state index in [9.17, 15) is 5.26 Å². The molecule has 3 aromatic rings. The number of halogens is 2. The zero-order valence-corrected chi connectivity index (χ0v) is 16.7. The zero-order valence-electron chi connectivity index (χ0n) is 15.2. The summed E-state index contributed by atoms with van der Waals surface area (Å²) in [6, 6.07) is 20.5. The van der Waals surface area contributed by atoms with Crippen LogP contribution in [-0.4, -0.2) is 6.79 Å². The molecule has 1 heterocycles. The highest BCUT2D eigenvalue weighted by molar-refractivity contribution is 6.35. The highest BCUT2D eigenvalue weighted by atomic mass is 35.5. The van der Waals surface area contributed by atoms with Crippen LogP contribution in [0.3, 0.4) is 0 Å². The predicted molar refractivity (Wildman–Crippen MR) is 113 cm³/mol. The van der Waals surface area contributed by atoms with Crippen molar-refractivity contribution in [1.82, 2.24) is 0 Å². The molecule has 1 aliphatic heterocycles. The lowest BCUT2D eigenvalue weighted by Gasteiger charge is -2.11. The third kappa shape index (κ3) is 4.32. The fraction of sp³-hybridized carbons (Fsp3) is 0.0870. The van der Waals surface area contributed by atoms with Gasteiger partial charge in [0.2, 0.25) is 6.79 Å². The molecule has 0 spiro atoms. The number of rotatable bonds is 5. The lowest BCUT2D eigenvalue weighted by molar-refractivity contribution is 0.174. The van der Waals surface area contributed by atoms with Crippen molar-refractivity contribution in [2.45, 2.75) is 6.61 Å². The quantitative estimate of drug-likeness (QED) is 0.353. The normalized spacial score (nSPS) is 12.5. The third-order valence-electron chi connectivity index (χ3n) is 4.42. The molecule has 0 amide bonds. The molecule has 0 aromatic heterocycles. The molecule has 0 aliphatic carbocycles. The summed E-state index contributed by atoms with van der Waals surface area (Å²) in [6.45, 7) is 0.473. The molecule has 0 fully saturated rings. The zero-order chi connectivity index (χ0) is 20.2. The van der Waals surface area contributed by atoms with Gasteiger partial charge in [-0.3, -0.25) is 0 Å². The number of fused-ring (bicyclic) bond motifs is 1. The Kier molecular flexibility index (Phi) is 5.62. The molecule has 3 aromatic carbocycles. The highest BCUT2D eigenvalue weighted by Crippen LogP contribution is 2.35. The maximum Gasteiger partial charge on any atom is 0.231 e. The number of hydrogen-bond donors (Lipinski definition) is 0. The summed E-state index contributed by atoms with van der Waals surface area (Å²) in [6.07, 6.45) is 1.79. The predicted octanol–water partition coefficient (Wildman–Crippen LogP) is 6.37. The van der Waals surface area contributed by atoms with Gasteiger partial charge >= 0.3 is 0 Å². The van der Waals surface area contributed by atoms with Crippen molar-refractivity contribution < 1.29 is 14.2 Å². The molecule has 0 N–H and O–H groups in total. The number of allylic oxidation sites excluding steroid dienone is 1. The van der Waals surface area contributed by atoms with Crippen LogP contribution in [0.1, 0.15) is 16.7 Å². The van der Waals surface area contributed by atoms with Crippen LogP contribution < -0.4 is 14.2 Å². The van der Waals surface area contributed by atoms with E-state index in [1.54, 1.807) is 30.3 Å². The number of benzene rings is 3. The number of hydrogen-bond acceptors (Lipinski definition) is 4. The highest BCUT2D eigenvalue weighted by Gasteiger charge is 2.15. The smallest absolute Gasteiger partial charge is 0.231 e. The monoisotopic (exact) mass is 423 g/mol. The van der Waals surface area contributed by atoms with Gasteiger partial charge < -0.3 is 14.2 Å². The Morgan fingerprint density at radius 1 is 1.03 bits per heavy atom. The Labute approximate surface area is 178 Å². The molecular weight excluding hydrogens is 409 g/mol. The van der Waals surface area contributed by atoms with Crippen molar-refractivity contribution in [1.29, 1.82) is 5.26 Å². The Morgan fingerprint density at radius 2 is 1.86 bits per heavy atom. The minimum Gasteiger partial charge on any atom is -0.488 e. The number of ether oxygens (including phenoxy) is 3. The van der Waals surface area contributed by atoms with Gasteiger partial charge in [-0.1, -0.05) is 47.5 Å². The lowest BCUT2D eigenvalue weighted by atomic mass is 10.0. The van der Waals surface area contributed by atoms with Crippen LogP contribution >= 0.6 is 23.2 Å².